The van der Waals surface area contributed by atoms with Crippen molar-refractivity contribution < 1.29 is 9.18 Å². The molecule has 1 saturated heterocycles. The summed E-state index contributed by atoms with van der Waals surface area (Å²) in [6.07, 6.45) is 2.76. The van der Waals surface area contributed by atoms with Gasteiger partial charge in [-0.2, -0.15) is 0 Å². The van der Waals surface area contributed by atoms with Crippen LogP contribution in [0.1, 0.15) is 5.56 Å². The summed E-state index contributed by atoms with van der Waals surface area (Å²) in [7, 11) is 0. The van der Waals surface area contributed by atoms with Gasteiger partial charge in [0, 0.05) is 31.4 Å². The smallest absolute Gasteiger partial charge is 0.239 e. The quantitative estimate of drug-likeness (QED) is 0.903. The van der Waals surface area contributed by atoms with E-state index >= 15 is 0 Å². The van der Waals surface area contributed by atoms with Gasteiger partial charge in [-0.1, -0.05) is 12.1 Å². The number of aromatic nitrogens is 1. The first-order valence-electron chi connectivity index (χ1n) is 7.16. The van der Waals surface area contributed by atoms with E-state index in [4.69, 9.17) is 0 Å². The van der Waals surface area contributed by atoms with Crippen molar-refractivity contribution in [2.24, 2.45) is 0 Å². The normalized spacial score (nSPS) is 14.6. The molecule has 1 amide bonds. The van der Waals surface area contributed by atoms with E-state index in [0.29, 0.717) is 25.3 Å². The van der Waals surface area contributed by atoms with Crippen molar-refractivity contribution in [1.29, 1.82) is 0 Å². The summed E-state index contributed by atoms with van der Waals surface area (Å²) in [6.45, 7) is 2.48. The lowest BCUT2D eigenvalue weighted by Crippen LogP contribution is -2.47. The number of hydrogen-bond donors (Lipinski definition) is 2. The van der Waals surface area contributed by atoms with Gasteiger partial charge in [-0.15, -0.1) is 0 Å². The van der Waals surface area contributed by atoms with Crippen LogP contribution in [0.5, 0.6) is 0 Å². The van der Waals surface area contributed by atoms with Gasteiger partial charge in [0.15, 0.2) is 0 Å². The fraction of sp³-hybridized carbons (Fsp3) is 0.250. The molecular weight excluding hydrogens is 283 g/mol. The van der Waals surface area contributed by atoms with Gasteiger partial charge in [-0.25, -0.2) is 4.39 Å². The molecule has 22 heavy (non-hydrogen) atoms. The van der Waals surface area contributed by atoms with Gasteiger partial charge >= 0.3 is 0 Å². The summed E-state index contributed by atoms with van der Waals surface area (Å²) in [6, 6.07) is 9.41. The number of hydrogen-bond acceptors (Lipinski definition) is 4. The Morgan fingerprint density at radius 1 is 1.27 bits per heavy atom. The van der Waals surface area contributed by atoms with Gasteiger partial charge in [0.05, 0.1) is 24.6 Å². The van der Waals surface area contributed by atoms with E-state index in [2.05, 4.69) is 15.6 Å². The standard InChI is InChI=1S/C16H17FN4O/c17-13-7-14(10-18-9-13)20-8-12-1-3-15(4-2-12)21-6-5-19-16(22)11-21/h1-4,7,9-10,20H,5-6,8,11H2,(H,19,22). The molecule has 2 heterocycles. The second-order valence-electron chi connectivity index (χ2n) is 5.18. The number of piperazine rings is 1. The Morgan fingerprint density at radius 3 is 2.82 bits per heavy atom. The SMILES string of the molecule is O=C1CN(c2ccc(CNc3cncc(F)c3)cc2)CCN1. The molecule has 1 aliphatic rings. The number of nitrogens with one attached hydrogen (secondary N) is 2. The molecule has 1 aromatic carbocycles. The maximum atomic E-state index is 13.0. The van der Waals surface area contributed by atoms with E-state index in [1.54, 1.807) is 6.20 Å². The molecule has 1 aromatic heterocycles. The third-order valence-corrected chi connectivity index (χ3v) is 3.54. The molecule has 5 nitrogen and oxygen atoms in total. The Kier molecular flexibility index (Phi) is 4.18. The highest BCUT2D eigenvalue weighted by Gasteiger charge is 2.15. The number of nitrogens with zero attached hydrogens (tertiary/aromatic N) is 2. The highest BCUT2D eigenvalue weighted by molar-refractivity contribution is 5.82. The number of carbonyl (C=O) groups excluding carboxylic acids is 1. The average Bonchev–Trinajstić information content (AvgIpc) is 2.54. The minimum Gasteiger partial charge on any atom is -0.380 e. The van der Waals surface area contributed by atoms with Crippen molar-refractivity contribution in [3.63, 3.8) is 0 Å². The van der Waals surface area contributed by atoms with Gasteiger partial charge in [0.2, 0.25) is 5.91 Å². The molecule has 1 aliphatic heterocycles. The van der Waals surface area contributed by atoms with Crippen molar-refractivity contribution in [3.8, 4) is 0 Å². The van der Waals surface area contributed by atoms with Crippen LogP contribution >= 0.6 is 0 Å². The number of anilines is 2. The largest absolute Gasteiger partial charge is 0.380 e. The lowest BCUT2D eigenvalue weighted by atomic mass is 10.1. The minimum atomic E-state index is -0.358. The fourth-order valence-electron chi connectivity index (χ4n) is 2.40. The topological polar surface area (TPSA) is 57.3 Å². The summed E-state index contributed by atoms with van der Waals surface area (Å²) in [5.74, 6) is -0.306. The highest BCUT2D eigenvalue weighted by atomic mass is 19.1. The number of benzene rings is 1. The number of carbonyl (C=O) groups is 1. The lowest BCUT2D eigenvalue weighted by molar-refractivity contribution is -0.120. The molecule has 0 aliphatic carbocycles. The number of pyridine rings is 1. The summed E-state index contributed by atoms with van der Waals surface area (Å²) in [5.41, 5.74) is 2.76. The van der Waals surface area contributed by atoms with Crippen LogP contribution in [0.4, 0.5) is 15.8 Å². The molecule has 2 aromatic rings. The number of amides is 1. The third kappa shape index (κ3) is 3.52. The van der Waals surface area contributed by atoms with Crippen molar-refractivity contribution in [1.82, 2.24) is 10.3 Å². The zero-order valence-electron chi connectivity index (χ0n) is 12.1. The van der Waals surface area contributed by atoms with Crippen molar-refractivity contribution in [3.05, 3.63) is 54.1 Å². The molecule has 0 atom stereocenters. The van der Waals surface area contributed by atoms with Crippen LogP contribution in [0, 0.1) is 5.82 Å². The highest BCUT2D eigenvalue weighted by Crippen LogP contribution is 2.17. The molecule has 0 radical (unpaired) electrons. The van der Waals surface area contributed by atoms with E-state index in [9.17, 15) is 9.18 Å². The van der Waals surface area contributed by atoms with Gasteiger partial charge in [0.1, 0.15) is 5.82 Å². The molecule has 6 heteroatoms. The van der Waals surface area contributed by atoms with Crippen LogP contribution < -0.4 is 15.5 Å². The molecule has 1 fully saturated rings. The molecular formula is C16H17FN4O. The second-order valence-corrected chi connectivity index (χ2v) is 5.18. The van der Waals surface area contributed by atoms with E-state index in [0.717, 1.165) is 17.8 Å². The molecule has 2 N–H and O–H groups in total. The molecule has 0 saturated carbocycles. The first-order chi connectivity index (χ1) is 10.7. The molecule has 114 valence electrons. The lowest BCUT2D eigenvalue weighted by Gasteiger charge is -2.28. The number of rotatable bonds is 4. The van der Waals surface area contributed by atoms with Crippen LogP contribution in [0.15, 0.2) is 42.7 Å². The van der Waals surface area contributed by atoms with E-state index in [-0.39, 0.29) is 11.7 Å². The van der Waals surface area contributed by atoms with Crippen LogP contribution in [-0.2, 0) is 11.3 Å². The Hall–Kier alpha value is -2.63. The Morgan fingerprint density at radius 2 is 2.09 bits per heavy atom. The van der Waals surface area contributed by atoms with Gasteiger partial charge in [0.25, 0.3) is 0 Å². The Balaban J connectivity index is 1.60. The van der Waals surface area contributed by atoms with Gasteiger partial charge in [-0.3, -0.25) is 9.78 Å². The van der Waals surface area contributed by atoms with E-state index in [1.165, 1.54) is 12.3 Å². The summed E-state index contributed by atoms with van der Waals surface area (Å²) < 4.78 is 13.0. The fourth-order valence-corrected chi connectivity index (χ4v) is 2.40. The van der Waals surface area contributed by atoms with Crippen LogP contribution in [0.3, 0.4) is 0 Å². The van der Waals surface area contributed by atoms with Crippen molar-refractivity contribution >= 4 is 17.3 Å². The Bertz CT molecular complexity index is 659. The maximum Gasteiger partial charge on any atom is 0.239 e. The summed E-state index contributed by atoms with van der Waals surface area (Å²) >= 11 is 0. The Labute approximate surface area is 128 Å². The van der Waals surface area contributed by atoms with Crippen LogP contribution in [0.2, 0.25) is 0 Å². The molecule has 0 unspecified atom stereocenters. The van der Waals surface area contributed by atoms with E-state index in [1.807, 2.05) is 29.2 Å². The van der Waals surface area contributed by atoms with Crippen LogP contribution in [-0.4, -0.2) is 30.5 Å². The zero-order valence-corrected chi connectivity index (χ0v) is 12.1. The first kappa shape index (κ1) is 14.3. The monoisotopic (exact) mass is 300 g/mol. The zero-order chi connectivity index (χ0) is 15.4. The molecule has 3 rings (SSSR count). The van der Waals surface area contributed by atoms with Gasteiger partial charge in [-0.05, 0) is 17.7 Å². The summed E-state index contributed by atoms with van der Waals surface area (Å²) in [4.78, 5) is 17.2. The first-order valence-corrected chi connectivity index (χ1v) is 7.16. The van der Waals surface area contributed by atoms with E-state index < -0.39 is 0 Å². The molecule has 0 spiro atoms. The predicted octanol–water partition coefficient (Wildman–Crippen LogP) is 1.77. The van der Waals surface area contributed by atoms with Gasteiger partial charge < -0.3 is 15.5 Å². The minimum absolute atomic E-state index is 0.0515. The second kappa shape index (κ2) is 6.43. The van der Waals surface area contributed by atoms with Crippen molar-refractivity contribution in [2.45, 2.75) is 6.54 Å². The predicted molar refractivity (Wildman–Crippen MR) is 83.2 cm³/mol. The molecule has 0 bridgehead atoms. The number of halogens is 1. The average molecular weight is 300 g/mol. The third-order valence-electron chi connectivity index (χ3n) is 3.54. The van der Waals surface area contributed by atoms with Crippen LogP contribution in [0.25, 0.3) is 0 Å². The van der Waals surface area contributed by atoms with Crippen molar-refractivity contribution in [2.75, 3.05) is 29.9 Å². The summed E-state index contributed by atoms with van der Waals surface area (Å²) in [5, 5.41) is 5.94. The maximum absolute atomic E-state index is 13.0.